The molecule has 2 aromatic rings. The van der Waals surface area contributed by atoms with Gasteiger partial charge >= 0.3 is 0 Å². The lowest BCUT2D eigenvalue weighted by atomic mass is 9.95. The van der Waals surface area contributed by atoms with Crippen molar-refractivity contribution in [2.45, 2.75) is 45.1 Å². The van der Waals surface area contributed by atoms with Crippen molar-refractivity contribution >= 4 is 39.7 Å². The SMILES string of the molecule is CCN1C(=O)C(C)(C(=O)Nc2sc3c(c2C(N)=O)CCCC3)Oc2ccccc21. The summed E-state index contributed by atoms with van der Waals surface area (Å²) in [6, 6.07) is 7.12. The summed E-state index contributed by atoms with van der Waals surface area (Å²) in [6.07, 6.45) is 3.66. The molecule has 29 heavy (non-hydrogen) atoms. The standard InChI is InChI=1S/C21H23N3O4S/c1-3-24-13-9-5-6-10-14(13)28-21(2,20(24)27)19(26)23-18-16(17(22)25)12-8-4-7-11-15(12)29-18/h5-6,9-10H,3-4,7-8,11H2,1-2H3,(H2,22,25)(H,23,26). The van der Waals surface area contributed by atoms with Crippen molar-refractivity contribution in [2.75, 3.05) is 16.8 Å². The highest BCUT2D eigenvalue weighted by Crippen LogP contribution is 2.40. The maximum absolute atomic E-state index is 13.2. The molecule has 0 radical (unpaired) electrons. The van der Waals surface area contributed by atoms with Gasteiger partial charge in [-0.2, -0.15) is 0 Å². The molecule has 0 saturated carbocycles. The van der Waals surface area contributed by atoms with Crippen LogP contribution >= 0.6 is 11.3 Å². The lowest BCUT2D eigenvalue weighted by Crippen LogP contribution is -2.60. The maximum Gasteiger partial charge on any atom is 0.280 e. The highest BCUT2D eigenvalue weighted by atomic mass is 32.1. The number of hydrogen-bond donors (Lipinski definition) is 2. The first-order valence-corrected chi connectivity index (χ1v) is 10.5. The molecule has 0 fully saturated rings. The molecule has 152 valence electrons. The molecule has 8 heteroatoms. The van der Waals surface area contributed by atoms with E-state index in [0.29, 0.717) is 28.5 Å². The van der Waals surface area contributed by atoms with Crippen LogP contribution in [0.15, 0.2) is 24.3 Å². The molecule has 1 unspecified atom stereocenters. The van der Waals surface area contributed by atoms with E-state index in [1.54, 1.807) is 18.2 Å². The molecule has 7 nitrogen and oxygen atoms in total. The van der Waals surface area contributed by atoms with Gasteiger partial charge in [-0.05, 0) is 57.2 Å². The Balaban J connectivity index is 1.69. The van der Waals surface area contributed by atoms with E-state index < -0.39 is 23.3 Å². The minimum absolute atomic E-state index is 0.359. The summed E-state index contributed by atoms with van der Waals surface area (Å²) in [5.41, 5.74) is 5.78. The molecule has 1 aliphatic heterocycles. The Morgan fingerprint density at radius 1 is 1.28 bits per heavy atom. The summed E-state index contributed by atoms with van der Waals surface area (Å²) in [5, 5.41) is 3.17. The zero-order chi connectivity index (χ0) is 20.8. The van der Waals surface area contributed by atoms with Crippen molar-refractivity contribution in [3.05, 3.63) is 40.3 Å². The second-order valence-corrected chi connectivity index (χ2v) is 8.49. The van der Waals surface area contributed by atoms with Gasteiger partial charge in [0.15, 0.2) is 0 Å². The third kappa shape index (κ3) is 3.07. The van der Waals surface area contributed by atoms with E-state index in [1.807, 2.05) is 13.0 Å². The lowest BCUT2D eigenvalue weighted by molar-refractivity contribution is -0.145. The Kier molecular flexibility index (Phi) is 4.82. The number of amides is 3. The third-order valence-corrected chi connectivity index (χ3v) is 6.72. The fourth-order valence-electron chi connectivity index (χ4n) is 3.99. The molecule has 3 amide bonds. The topological polar surface area (TPSA) is 102 Å². The first-order valence-electron chi connectivity index (χ1n) is 9.72. The van der Waals surface area contributed by atoms with Crippen LogP contribution in [0, 0.1) is 0 Å². The average Bonchev–Trinajstić information content (AvgIpc) is 3.07. The number of rotatable bonds is 4. The molecular formula is C21H23N3O4S. The Morgan fingerprint density at radius 3 is 2.72 bits per heavy atom. The van der Waals surface area contributed by atoms with Gasteiger partial charge in [-0.1, -0.05) is 12.1 Å². The number of fused-ring (bicyclic) bond motifs is 2. The van der Waals surface area contributed by atoms with E-state index in [9.17, 15) is 14.4 Å². The van der Waals surface area contributed by atoms with E-state index in [4.69, 9.17) is 10.5 Å². The van der Waals surface area contributed by atoms with Gasteiger partial charge in [0.2, 0.25) is 0 Å². The van der Waals surface area contributed by atoms with Gasteiger partial charge in [0.05, 0.1) is 11.3 Å². The van der Waals surface area contributed by atoms with Crippen molar-refractivity contribution < 1.29 is 19.1 Å². The van der Waals surface area contributed by atoms with Crippen molar-refractivity contribution in [3.8, 4) is 5.75 Å². The van der Waals surface area contributed by atoms with Crippen LogP contribution in [0.5, 0.6) is 5.75 Å². The molecule has 2 heterocycles. The smallest absolute Gasteiger partial charge is 0.280 e. The van der Waals surface area contributed by atoms with Crippen LogP contribution in [0.1, 0.15) is 47.5 Å². The van der Waals surface area contributed by atoms with Gasteiger partial charge in [-0.15, -0.1) is 11.3 Å². The van der Waals surface area contributed by atoms with Crippen LogP contribution in [0.4, 0.5) is 10.7 Å². The number of para-hydroxylation sites is 2. The minimum Gasteiger partial charge on any atom is -0.465 e. The zero-order valence-electron chi connectivity index (χ0n) is 16.4. The van der Waals surface area contributed by atoms with E-state index in [-0.39, 0.29) is 0 Å². The molecule has 2 aliphatic rings. The predicted molar refractivity (Wildman–Crippen MR) is 112 cm³/mol. The quantitative estimate of drug-likeness (QED) is 0.753. The molecule has 4 rings (SSSR count). The Bertz CT molecular complexity index is 1020. The lowest BCUT2D eigenvalue weighted by Gasteiger charge is -2.39. The fraction of sp³-hybridized carbons (Fsp3) is 0.381. The molecule has 0 saturated heterocycles. The Morgan fingerprint density at radius 2 is 2.00 bits per heavy atom. The number of ether oxygens (including phenoxy) is 1. The number of nitrogens with zero attached hydrogens (tertiary/aromatic N) is 1. The predicted octanol–water partition coefficient (Wildman–Crippen LogP) is 2.87. The maximum atomic E-state index is 13.2. The fourth-order valence-corrected chi connectivity index (χ4v) is 5.28. The zero-order valence-corrected chi connectivity index (χ0v) is 17.2. The highest BCUT2D eigenvalue weighted by Gasteiger charge is 2.50. The largest absolute Gasteiger partial charge is 0.465 e. The number of nitrogens with one attached hydrogen (secondary N) is 1. The van der Waals surface area contributed by atoms with E-state index in [2.05, 4.69) is 5.32 Å². The number of benzene rings is 1. The molecule has 0 spiro atoms. The number of carbonyl (C=O) groups excluding carboxylic acids is 3. The first kappa shape index (κ1) is 19.4. The van der Waals surface area contributed by atoms with Gasteiger partial charge in [0.1, 0.15) is 10.8 Å². The first-order chi connectivity index (χ1) is 13.9. The summed E-state index contributed by atoms with van der Waals surface area (Å²) in [6.45, 7) is 3.71. The second-order valence-electron chi connectivity index (χ2n) is 7.39. The summed E-state index contributed by atoms with van der Waals surface area (Å²) in [7, 11) is 0. The molecule has 1 atom stereocenters. The summed E-state index contributed by atoms with van der Waals surface area (Å²) in [4.78, 5) is 41.1. The van der Waals surface area contributed by atoms with Crippen molar-refractivity contribution in [2.24, 2.45) is 5.73 Å². The van der Waals surface area contributed by atoms with Crippen LogP contribution in [-0.4, -0.2) is 29.9 Å². The van der Waals surface area contributed by atoms with Crippen molar-refractivity contribution in [3.63, 3.8) is 0 Å². The van der Waals surface area contributed by atoms with Crippen LogP contribution in [0.2, 0.25) is 0 Å². The van der Waals surface area contributed by atoms with Crippen molar-refractivity contribution in [1.82, 2.24) is 0 Å². The molecule has 1 aliphatic carbocycles. The molecular weight excluding hydrogens is 390 g/mol. The van der Waals surface area contributed by atoms with Gasteiger partial charge in [-0.3, -0.25) is 14.4 Å². The number of hydrogen-bond acceptors (Lipinski definition) is 5. The number of carbonyl (C=O) groups is 3. The van der Waals surface area contributed by atoms with Crippen molar-refractivity contribution in [1.29, 1.82) is 0 Å². The number of thiophene rings is 1. The molecule has 0 bridgehead atoms. The normalized spacial score (nSPS) is 20.5. The molecule has 1 aromatic carbocycles. The Labute approximate surface area is 172 Å². The highest BCUT2D eigenvalue weighted by molar-refractivity contribution is 7.17. The molecule has 3 N–H and O–H groups in total. The summed E-state index contributed by atoms with van der Waals surface area (Å²) >= 11 is 1.36. The van der Waals surface area contributed by atoms with Gasteiger partial charge in [-0.25, -0.2) is 0 Å². The minimum atomic E-state index is -1.75. The monoisotopic (exact) mass is 413 g/mol. The number of aryl methyl sites for hydroxylation is 1. The molecule has 1 aromatic heterocycles. The second kappa shape index (κ2) is 7.18. The van der Waals surface area contributed by atoms with Gasteiger partial charge in [0, 0.05) is 11.4 Å². The van der Waals surface area contributed by atoms with Crippen LogP contribution < -0.4 is 20.7 Å². The van der Waals surface area contributed by atoms with Gasteiger partial charge < -0.3 is 20.7 Å². The van der Waals surface area contributed by atoms with E-state index >= 15 is 0 Å². The van der Waals surface area contributed by atoms with Gasteiger partial charge in [0.25, 0.3) is 23.3 Å². The third-order valence-electron chi connectivity index (χ3n) is 5.52. The number of primary amides is 1. The van der Waals surface area contributed by atoms with E-state index in [0.717, 1.165) is 36.1 Å². The average molecular weight is 413 g/mol. The van der Waals surface area contributed by atoms with E-state index in [1.165, 1.54) is 23.2 Å². The summed E-state index contributed by atoms with van der Waals surface area (Å²) in [5.74, 6) is -1.16. The summed E-state index contributed by atoms with van der Waals surface area (Å²) < 4.78 is 5.89. The van der Waals surface area contributed by atoms with Crippen LogP contribution in [0.3, 0.4) is 0 Å². The Hall–Kier alpha value is -2.87. The van der Waals surface area contributed by atoms with Crippen LogP contribution in [0.25, 0.3) is 0 Å². The number of anilines is 2. The number of nitrogens with two attached hydrogens (primary N) is 1. The van der Waals surface area contributed by atoms with Crippen LogP contribution in [-0.2, 0) is 22.4 Å². The number of likely N-dealkylation sites (N-methyl/N-ethyl adjacent to an activating group) is 1.